The van der Waals surface area contributed by atoms with Crippen molar-refractivity contribution in [2.24, 2.45) is 5.92 Å². The van der Waals surface area contributed by atoms with Crippen molar-refractivity contribution in [3.8, 4) is 6.07 Å². The zero-order valence-electron chi connectivity index (χ0n) is 5.55. The standard InChI is InChI=1S/C6H9NO2/c1-5(2)6(8)9-4-3-7/h5H,4H2,1-2H3. The molecule has 0 rings (SSSR count). The molecule has 0 radical (unpaired) electrons. The van der Waals surface area contributed by atoms with Gasteiger partial charge in [0.1, 0.15) is 6.07 Å². The lowest BCUT2D eigenvalue weighted by atomic mass is 10.2. The molecule has 0 fully saturated rings. The van der Waals surface area contributed by atoms with Gasteiger partial charge in [0, 0.05) is 0 Å². The van der Waals surface area contributed by atoms with Crippen LogP contribution in [-0.4, -0.2) is 12.6 Å². The van der Waals surface area contributed by atoms with Gasteiger partial charge in [-0.1, -0.05) is 13.8 Å². The number of carbonyl (C=O) groups is 1. The third-order valence-electron chi connectivity index (χ3n) is 0.750. The highest BCUT2D eigenvalue weighted by Crippen LogP contribution is 1.93. The summed E-state index contributed by atoms with van der Waals surface area (Å²) in [6, 6.07) is 1.71. The smallest absolute Gasteiger partial charge is 0.309 e. The lowest BCUT2D eigenvalue weighted by molar-refractivity contribution is -0.145. The second kappa shape index (κ2) is 3.90. The van der Waals surface area contributed by atoms with Gasteiger partial charge in [-0.2, -0.15) is 5.26 Å². The van der Waals surface area contributed by atoms with Crippen LogP contribution in [0.25, 0.3) is 0 Å². The maximum Gasteiger partial charge on any atom is 0.309 e. The van der Waals surface area contributed by atoms with Crippen molar-refractivity contribution in [3.63, 3.8) is 0 Å². The summed E-state index contributed by atoms with van der Waals surface area (Å²) in [7, 11) is 0. The second-order valence-corrected chi connectivity index (χ2v) is 1.92. The van der Waals surface area contributed by atoms with Crippen LogP contribution in [0.1, 0.15) is 13.8 Å². The highest BCUT2D eigenvalue weighted by atomic mass is 16.5. The third kappa shape index (κ3) is 3.53. The van der Waals surface area contributed by atoms with Gasteiger partial charge in [-0.15, -0.1) is 0 Å². The summed E-state index contributed by atoms with van der Waals surface area (Å²) >= 11 is 0. The van der Waals surface area contributed by atoms with Gasteiger partial charge in [-0.05, 0) is 0 Å². The van der Waals surface area contributed by atoms with Crippen LogP contribution in [0.5, 0.6) is 0 Å². The van der Waals surface area contributed by atoms with Crippen molar-refractivity contribution in [1.29, 1.82) is 5.26 Å². The van der Waals surface area contributed by atoms with Gasteiger partial charge >= 0.3 is 5.97 Å². The average Bonchev–Trinajstić information content (AvgIpc) is 1.82. The lowest BCUT2D eigenvalue weighted by Crippen LogP contribution is -2.11. The monoisotopic (exact) mass is 127 g/mol. The van der Waals surface area contributed by atoms with Crippen molar-refractivity contribution in [1.82, 2.24) is 0 Å². The van der Waals surface area contributed by atoms with Gasteiger partial charge < -0.3 is 4.74 Å². The van der Waals surface area contributed by atoms with Gasteiger partial charge in [-0.25, -0.2) is 0 Å². The summed E-state index contributed by atoms with van der Waals surface area (Å²) in [6.07, 6.45) is 0. The molecule has 0 heterocycles. The summed E-state index contributed by atoms with van der Waals surface area (Å²) in [5.74, 6) is -0.463. The van der Waals surface area contributed by atoms with E-state index in [1.165, 1.54) is 0 Å². The van der Waals surface area contributed by atoms with Gasteiger partial charge in [0.25, 0.3) is 0 Å². The summed E-state index contributed by atoms with van der Waals surface area (Å²) in [5.41, 5.74) is 0. The van der Waals surface area contributed by atoms with E-state index in [2.05, 4.69) is 4.74 Å². The van der Waals surface area contributed by atoms with E-state index >= 15 is 0 Å². The maximum absolute atomic E-state index is 10.5. The molecule has 3 nitrogen and oxygen atoms in total. The lowest BCUT2D eigenvalue weighted by Gasteiger charge is -2.00. The van der Waals surface area contributed by atoms with Crippen LogP contribution >= 0.6 is 0 Å². The van der Waals surface area contributed by atoms with Crippen molar-refractivity contribution in [2.75, 3.05) is 6.61 Å². The highest BCUT2D eigenvalue weighted by Gasteiger charge is 2.06. The molecule has 0 saturated carbocycles. The van der Waals surface area contributed by atoms with Gasteiger partial charge in [0.05, 0.1) is 5.92 Å². The Balaban J connectivity index is 3.42. The minimum absolute atomic E-state index is 0.140. The molecule has 0 saturated heterocycles. The van der Waals surface area contributed by atoms with E-state index in [9.17, 15) is 4.79 Å². The molecule has 50 valence electrons. The van der Waals surface area contributed by atoms with Crippen LogP contribution in [0.2, 0.25) is 0 Å². The number of nitriles is 1. The number of hydrogen-bond acceptors (Lipinski definition) is 3. The van der Waals surface area contributed by atoms with Gasteiger partial charge in [0.2, 0.25) is 0 Å². The number of rotatable bonds is 2. The number of carbonyl (C=O) groups excluding carboxylic acids is 1. The Bertz CT molecular complexity index is 134. The summed E-state index contributed by atoms with van der Waals surface area (Å²) < 4.78 is 4.45. The Morgan fingerprint density at radius 2 is 2.33 bits per heavy atom. The van der Waals surface area contributed by atoms with E-state index in [4.69, 9.17) is 5.26 Å². The Morgan fingerprint density at radius 1 is 1.78 bits per heavy atom. The molecule has 0 aliphatic heterocycles. The first-order chi connectivity index (χ1) is 4.18. The Hall–Kier alpha value is -1.04. The largest absolute Gasteiger partial charge is 0.450 e. The van der Waals surface area contributed by atoms with Crippen molar-refractivity contribution in [2.45, 2.75) is 13.8 Å². The predicted molar refractivity (Wildman–Crippen MR) is 31.4 cm³/mol. The normalized spacial score (nSPS) is 8.67. The van der Waals surface area contributed by atoms with E-state index in [0.717, 1.165) is 0 Å². The molecule has 9 heavy (non-hydrogen) atoms. The fourth-order valence-corrected chi connectivity index (χ4v) is 0.270. The quantitative estimate of drug-likeness (QED) is 0.513. The zero-order valence-corrected chi connectivity index (χ0v) is 5.55. The molecular formula is C6H9NO2. The second-order valence-electron chi connectivity index (χ2n) is 1.92. The maximum atomic E-state index is 10.5. The molecule has 0 aromatic rings. The fourth-order valence-electron chi connectivity index (χ4n) is 0.270. The summed E-state index contributed by atoms with van der Waals surface area (Å²) in [5, 5.41) is 7.97. The van der Waals surface area contributed by atoms with Gasteiger partial charge in [0.15, 0.2) is 6.61 Å². The molecule has 0 bridgehead atoms. The topological polar surface area (TPSA) is 50.1 Å². The predicted octanol–water partition coefficient (Wildman–Crippen LogP) is 0.709. The van der Waals surface area contributed by atoms with Crippen LogP contribution in [-0.2, 0) is 9.53 Å². The molecule has 0 amide bonds. The molecule has 0 N–H and O–H groups in total. The Morgan fingerprint density at radius 3 is 2.67 bits per heavy atom. The third-order valence-corrected chi connectivity index (χ3v) is 0.750. The molecule has 3 heteroatoms. The van der Waals surface area contributed by atoms with Crippen LogP contribution in [0, 0.1) is 17.2 Å². The van der Waals surface area contributed by atoms with E-state index in [1.807, 2.05) is 0 Å². The van der Waals surface area contributed by atoms with Crippen LogP contribution in [0.4, 0.5) is 0 Å². The molecule has 0 spiro atoms. The minimum atomic E-state index is -0.323. The molecular weight excluding hydrogens is 118 g/mol. The summed E-state index contributed by atoms with van der Waals surface area (Å²) in [4.78, 5) is 10.5. The number of nitrogens with zero attached hydrogens (tertiary/aromatic N) is 1. The molecule has 0 aromatic carbocycles. The molecule has 0 aliphatic carbocycles. The first kappa shape index (κ1) is 7.96. The number of hydrogen-bond donors (Lipinski definition) is 0. The molecule has 0 aliphatic rings. The minimum Gasteiger partial charge on any atom is -0.450 e. The molecule has 0 unspecified atom stereocenters. The zero-order chi connectivity index (χ0) is 7.28. The van der Waals surface area contributed by atoms with Crippen molar-refractivity contribution < 1.29 is 9.53 Å². The van der Waals surface area contributed by atoms with Gasteiger partial charge in [-0.3, -0.25) is 4.79 Å². The summed E-state index contributed by atoms with van der Waals surface area (Å²) in [6.45, 7) is 3.30. The first-order valence-corrected chi connectivity index (χ1v) is 2.72. The Kier molecular flexibility index (Phi) is 3.45. The Labute approximate surface area is 54.2 Å². The number of ether oxygens (including phenoxy) is 1. The SMILES string of the molecule is CC(C)C(=O)OCC#N. The van der Waals surface area contributed by atoms with E-state index in [-0.39, 0.29) is 18.5 Å². The van der Waals surface area contributed by atoms with Crippen LogP contribution < -0.4 is 0 Å². The van der Waals surface area contributed by atoms with E-state index < -0.39 is 0 Å². The van der Waals surface area contributed by atoms with E-state index in [1.54, 1.807) is 19.9 Å². The molecule has 0 aromatic heterocycles. The highest BCUT2D eigenvalue weighted by molar-refractivity contribution is 5.71. The molecule has 0 atom stereocenters. The fraction of sp³-hybridized carbons (Fsp3) is 0.667. The van der Waals surface area contributed by atoms with Crippen LogP contribution in [0.3, 0.4) is 0 Å². The van der Waals surface area contributed by atoms with Crippen molar-refractivity contribution in [3.05, 3.63) is 0 Å². The van der Waals surface area contributed by atoms with E-state index in [0.29, 0.717) is 0 Å². The number of esters is 1. The van der Waals surface area contributed by atoms with Crippen molar-refractivity contribution >= 4 is 5.97 Å². The average molecular weight is 127 g/mol. The van der Waals surface area contributed by atoms with Crippen LogP contribution in [0.15, 0.2) is 0 Å². The first-order valence-electron chi connectivity index (χ1n) is 2.72.